The molecule has 1 aromatic carbocycles. The first-order valence-electron chi connectivity index (χ1n) is 6.43. The molecule has 0 amide bonds. The van der Waals surface area contributed by atoms with E-state index in [1.54, 1.807) is 12.1 Å². The van der Waals surface area contributed by atoms with Crippen LogP contribution in [0.5, 0.6) is 0 Å². The van der Waals surface area contributed by atoms with E-state index in [4.69, 9.17) is 0 Å². The number of nitrogens with zero attached hydrogens (tertiary/aromatic N) is 1. The minimum atomic E-state index is -0.373. The van der Waals surface area contributed by atoms with Crippen LogP contribution in [-0.4, -0.2) is 42.8 Å². The summed E-state index contributed by atoms with van der Waals surface area (Å²) in [5.74, 6) is -0.217. The fraction of sp³-hybridized carbons (Fsp3) is 0.571. The maximum Gasteiger partial charge on any atom is 0.123 e. The molecule has 0 aliphatic carbocycles. The van der Waals surface area contributed by atoms with Crippen LogP contribution in [-0.2, 0) is 6.54 Å². The van der Waals surface area contributed by atoms with Crippen molar-refractivity contribution in [2.24, 2.45) is 0 Å². The standard InChI is InChI=1S/C14H23FN2O/c1-3-8-16-9-14(18)11-17(2)10-12-4-6-13(15)7-5-12/h4-7,14,16,18H,3,8-11H2,1-2H3. The van der Waals surface area contributed by atoms with Gasteiger partial charge < -0.3 is 10.4 Å². The average molecular weight is 254 g/mol. The van der Waals surface area contributed by atoms with E-state index in [-0.39, 0.29) is 11.9 Å². The smallest absolute Gasteiger partial charge is 0.123 e. The number of aliphatic hydroxyl groups is 1. The van der Waals surface area contributed by atoms with Crippen LogP contribution in [0.25, 0.3) is 0 Å². The molecule has 1 atom stereocenters. The summed E-state index contributed by atoms with van der Waals surface area (Å²) in [6.07, 6.45) is 0.694. The Balaban J connectivity index is 2.27. The SMILES string of the molecule is CCCNCC(O)CN(C)Cc1ccc(F)cc1. The number of benzene rings is 1. The molecule has 0 heterocycles. The largest absolute Gasteiger partial charge is 0.390 e. The van der Waals surface area contributed by atoms with Crippen LogP contribution in [0, 0.1) is 5.82 Å². The minimum absolute atomic E-state index is 0.217. The Morgan fingerprint density at radius 1 is 1.33 bits per heavy atom. The number of hydrogen-bond donors (Lipinski definition) is 2. The monoisotopic (exact) mass is 254 g/mol. The molecule has 1 rings (SSSR count). The normalized spacial score (nSPS) is 12.9. The predicted molar refractivity (Wildman–Crippen MR) is 71.9 cm³/mol. The van der Waals surface area contributed by atoms with Gasteiger partial charge in [-0.3, -0.25) is 4.90 Å². The molecule has 102 valence electrons. The van der Waals surface area contributed by atoms with Gasteiger partial charge in [0.1, 0.15) is 5.82 Å². The summed E-state index contributed by atoms with van der Waals surface area (Å²) < 4.78 is 12.7. The van der Waals surface area contributed by atoms with E-state index in [1.165, 1.54) is 12.1 Å². The first-order valence-corrected chi connectivity index (χ1v) is 6.43. The van der Waals surface area contributed by atoms with Gasteiger partial charge >= 0.3 is 0 Å². The van der Waals surface area contributed by atoms with Crippen molar-refractivity contribution in [3.63, 3.8) is 0 Å². The molecule has 0 bridgehead atoms. The number of halogens is 1. The van der Waals surface area contributed by atoms with Crippen molar-refractivity contribution in [1.82, 2.24) is 10.2 Å². The molecule has 0 aliphatic heterocycles. The summed E-state index contributed by atoms with van der Waals surface area (Å²) in [7, 11) is 1.95. The minimum Gasteiger partial charge on any atom is -0.390 e. The van der Waals surface area contributed by atoms with Crippen molar-refractivity contribution in [2.45, 2.75) is 26.0 Å². The summed E-state index contributed by atoms with van der Waals surface area (Å²) in [4.78, 5) is 2.03. The van der Waals surface area contributed by atoms with Gasteiger partial charge in [-0.2, -0.15) is 0 Å². The van der Waals surface area contributed by atoms with Crippen LogP contribution in [0.2, 0.25) is 0 Å². The Kier molecular flexibility index (Phi) is 6.86. The average Bonchev–Trinajstić information content (AvgIpc) is 2.32. The maximum atomic E-state index is 12.7. The summed E-state index contributed by atoms with van der Waals surface area (Å²) in [5, 5.41) is 13.0. The highest BCUT2D eigenvalue weighted by Gasteiger charge is 2.08. The highest BCUT2D eigenvalue weighted by Crippen LogP contribution is 2.05. The highest BCUT2D eigenvalue weighted by atomic mass is 19.1. The third-order valence-electron chi connectivity index (χ3n) is 2.69. The molecule has 18 heavy (non-hydrogen) atoms. The molecular formula is C14H23FN2O. The zero-order valence-corrected chi connectivity index (χ0v) is 11.2. The van der Waals surface area contributed by atoms with Gasteiger partial charge in [-0.05, 0) is 37.7 Å². The fourth-order valence-corrected chi connectivity index (χ4v) is 1.84. The molecule has 0 saturated heterocycles. The van der Waals surface area contributed by atoms with E-state index < -0.39 is 0 Å². The van der Waals surface area contributed by atoms with E-state index >= 15 is 0 Å². The molecule has 1 unspecified atom stereocenters. The van der Waals surface area contributed by atoms with Crippen molar-refractivity contribution in [2.75, 3.05) is 26.7 Å². The zero-order chi connectivity index (χ0) is 13.4. The Morgan fingerprint density at radius 3 is 2.61 bits per heavy atom. The summed E-state index contributed by atoms with van der Waals surface area (Å²) >= 11 is 0. The van der Waals surface area contributed by atoms with Crippen molar-refractivity contribution in [3.05, 3.63) is 35.6 Å². The number of likely N-dealkylation sites (N-methyl/N-ethyl adjacent to an activating group) is 1. The van der Waals surface area contributed by atoms with Gasteiger partial charge in [-0.1, -0.05) is 19.1 Å². The number of nitrogens with one attached hydrogen (secondary N) is 1. The second kappa shape index (κ2) is 8.19. The third kappa shape index (κ3) is 6.10. The van der Waals surface area contributed by atoms with Crippen LogP contribution in [0.15, 0.2) is 24.3 Å². The lowest BCUT2D eigenvalue weighted by Gasteiger charge is -2.20. The van der Waals surface area contributed by atoms with Gasteiger partial charge in [-0.25, -0.2) is 4.39 Å². The van der Waals surface area contributed by atoms with E-state index in [9.17, 15) is 9.50 Å². The van der Waals surface area contributed by atoms with E-state index in [1.807, 2.05) is 11.9 Å². The maximum absolute atomic E-state index is 12.7. The van der Waals surface area contributed by atoms with Gasteiger partial charge in [-0.15, -0.1) is 0 Å². The Morgan fingerprint density at radius 2 is 2.00 bits per heavy atom. The molecule has 0 radical (unpaired) electrons. The zero-order valence-electron chi connectivity index (χ0n) is 11.2. The van der Waals surface area contributed by atoms with Crippen molar-refractivity contribution in [1.29, 1.82) is 0 Å². The van der Waals surface area contributed by atoms with Crippen LogP contribution < -0.4 is 5.32 Å². The number of aliphatic hydroxyl groups excluding tert-OH is 1. The van der Waals surface area contributed by atoms with E-state index in [0.29, 0.717) is 19.6 Å². The topological polar surface area (TPSA) is 35.5 Å². The molecule has 0 aromatic heterocycles. The Hall–Kier alpha value is -0.970. The van der Waals surface area contributed by atoms with Crippen molar-refractivity contribution >= 4 is 0 Å². The molecule has 0 aliphatic rings. The Labute approximate surface area is 109 Å². The lowest BCUT2D eigenvalue weighted by atomic mass is 10.2. The molecule has 3 nitrogen and oxygen atoms in total. The first kappa shape index (κ1) is 15.1. The van der Waals surface area contributed by atoms with E-state index in [0.717, 1.165) is 18.5 Å². The second-order valence-corrected chi connectivity index (χ2v) is 4.68. The molecule has 4 heteroatoms. The predicted octanol–water partition coefficient (Wildman–Crippen LogP) is 1.62. The Bertz CT molecular complexity index is 329. The molecule has 0 fully saturated rings. The highest BCUT2D eigenvalue weighted by molar-refractivity contribution is 5.15. The number of rotatable bonds is 8. The second-order valence-electron chi connectivity index (χ2n) is 4.68. The third-order valence-corrected chi connectivity index (χ3v) is 2.69. The van der Waals surface area contributed by atoms with Crippen LogP contribution in [0.4, 0.5) is 4.39 Å². The number of hydrogen-bond acceptors (Lipinski definition) is 3. The van der Waals surface area contributed by atoms with E-state index in [2.05, 4.69) is 12.2 Å². The quantitative estimate of drug-likeness (QED) is 0.692. The van der Waals surface area contributed by atoms with Crippen molar-refractivity contribution in [3.8, 4) is 0 Å². The van der Waals surface area contributed by atoms with Crippen LogP contribution in [0.3, 0.4) is 0 Å². The first-order chi connectivity index (χ1) is 8.61. The van der Waals surface area contributed by atoms with Gasteiger partial charge in [0, 0.05) is 19.6 Å². The summed E-state index contributed by atoms with van der Waals surface area (Å²) in [6, 6.07) is 6.46. The van der Waals surface area contributed by atoms with Gasteiger partial charge in [0.2, 0.25) is 0 Å². The molecule has 1 aromatic rings. The van der Waals surface area contributed by atoms with Gasteiger partial charge in [0.05, 0.1) is 6.10 Å². The van der Waals surface area contributed by atoms with Crippen LogP contribution in [0.1, 0.15) is 18.9 Å². The van der Waals surface area contributed by atoms with Gasteiger partial charge in [0.25, 0.3) is 0 Å². The summed E-state index contributed by atoms with van der Waals surface area (Å²) in [5.41, 5.74) is 1.05. The fourth-order valence-electron chi connectivity index (χ4n) is 1.84. The summed E-state index contributed by atoms with van der Waals surface area (Å²) in [6.45, 7) is 4.96. The van der Waals surface area contributed by atoms with Gasteiger partial charge in [0.15, 0.2) is 0 Å². The molecular weight excluding hydrogens is 231 g/mol. The molecule has 0 spiro atoms. The lowest BCUT2D eigenvalue weighted by Crippen LogP contribution is -2.36. The molecule has 0 saturated carbocycles. The molecule has 2 N–H and O–H groups in total. The van der Waals surface area contributed by atoms with Crippen LogP contribution >= 0.6 is 0 Å². The van der Waals surface area contributed by atoms with Crippen molar-refractivity contribution < 1.29 is 9.50 Å². The lowest BCUT2D eigenvalue weighted by molar-refractivity contribution is 0.121.